The molecular weight excluding hydrogens is 302 g/mol. The number of ether oxygens (including phenoxy) is 1. The molecule has 0 atom stereocenters. The van der Waals surface area contributed by atoms with Gasteiger partial charge in [-0.05, 0) is 24.3 Å². The molecule has 2 rings (SSSR count). The van der Waals surface area contributed by atoms with Gasteiger partial charge in [-0.25, -0.2) is 0 Å². The highest BCUT2D eigenvalue weighted by Crippen LogP contribution is 2.39. The maximum absolute atomic E-state index is 5.99. The molecule has 0 fully saturated rings. The van der Waals surface area contributed by atoms with Crippen molar-refractivity contribution in [2.24, 2.45) is 0 Å². The van der Waals surface area contributed by atoms with Gasteiger partial charge in [0, 0.05) is 11.1 Å². The fourth-order valence-electron chi connectivity index (χ4n) is 1.25. The highest BCUT2D eigenvalue weighted by atomic mass is 35.5. The second-order valence-corrected chi connectivity index (χ2v) is 4.89. The van der Waals surface area contributed by atoms with Gasteiger partial charge in [0.1, 0.15) is 5.75 Å². The number of hydrogen-bond acceptors (Lipinski definition) is 1. The van der Waals surface area contributed by atoms with Crippen molar-refractivity contribution in [1.29, 1.82) is 0 Å². The van der Waals surface area contributed by atoms with Crippen molar-refractivity contribution >= 4 is 46.4 Å². The minimum Gasteiger partial charge on any atom is -0.453 e. The summed E-state index contributed by atoms with van der Waals surface area (Å²) in [6.45, 7) is 0. The summed E-state index contributed by atoms with van der Waals surface area (Å²) in [6, 6.07) is 10.0. The molecule has 88 valence electrons. The summed E-state index contributed by atoms with van der Waals surface area (Å²) in [5.74, 6) is 0.772. The fraction of sp³-hybridized carbons (Fsp3) is 0. The molecular formula is C12H6Cl4O. The van der Waals surface area contributed by atoms with Gasteiger partial charge in [-0.1, -0.05) is 52.5 Å². The second kappa shape index (κ2) is 5.36. The lowest BCUT2D eigenvalue weighted by molar-refractivity contribution is 0.483. The van der Waals surface area contributed by atoms with Crippen LogP contribution in [0.25, 0.3) is 0 Å². The van der Waals surface area contributed by atoms with Gasteiger partial charge in [0.15, 0.2) is 5.75 Å². The van der Waals surface area contributed by atoms with Crippen molar-refractivity contribution in [1.82, 2.24) is 0 Å². The zero-order chi connectivity index (χ0) is 12.4. The van der Waals surface area contributed by atoms with E-state index in [4.69, 9.17) is 51.1 Å². The summed E-state index contributed by atoms with van der Waals surface area (Å²) in [7, 11) is 0. The molecule has 0 aliphatic carbocycles. The Kier molecular flexibility index (Phi) is 4.05. The molecule has 17 heavy (non-hydrogen) atoms. The molecule has 0 bridgehead atoms. The van der Waals surface area contributed by atoms with Crippen LogP contribution in [0.4, 0.5) is 0 Å². The van der Waals surface area contributed by atoms with Crippen LogP contribution in [0.2, 0.25) is 20.1 Å². The SMILES string of the molecule is Clc1ccc(Cl)c(Oc2c(Cl)cccc2Cl)c1. The molecule has 0 unspecified atom stereocenters. The van der Waals surface area contributed by atoms with Crippen LogP contribution in [0.15, 0.2) is 36.4 Å². The zero-order valence-corrected chi connectivity index (χ0v) is 11.4. The largest absolute Gasteiger partial charge is 0.453 e. The number of hydrogen-bond donors (Lipinski definition) is 0. The fourth-order valence-corrected chi connectivity index (χ4v) is 2.04. The van der Waals surface area contributed by atoms with E-state index < -0.39 is 0 Å². The molecule has 2 aromatic rings. The average Bonchev–Trinajstić information content (AvgIpc) is 2.28. The first-order valence-electron chi connectivity index (χ1n) is 4.65. The number of benzene rings is 2. The normalized spacial score (nSPS) is 10.4. The highest BCUT2D eigenvalue weighted by Gasteiger charge is 2.10. The Hall–Kier alpha value is -0.600. The summed E-state index contributed by atoms with van der Waals surface area (Å²) in [4.78, 5) is 0. The Bertz CT molecular complexity index is 534. The smallest absolute Gasteiger partial charge is 0.164 e. The third-order valence-corrected chi connectivity index (χ3v) is 3.17. The van der Waals surface area contributed by atoms with Crippen LogP contribution < -0.4 is 4.74 Å². The third kappa shape index (κ3) is 2.99. The molecule has 0 radical (unpaired) electrons. The van der Waals surface area contributed by atoms with Gasteiger partial charge in [-0.2, -0.15) is 0 Å². The molecule has 0 aromatic heterocycles. The summed E-state index contributed by atoms with van der Waals surface area (Å²) in [5.41, 5.74) is 0. The van der Waals surface area contributed by atoms with E-state index in [2.05, 4.69) is 0 Å². The van der Waals surface area contributed by atoms with Crippen LogP contribution in [0.3, 0.4) is 0 Å². The number of halogens is 4. The first-order valence-corrected chi connectivity index (χ1v) is 6.16. The van der Waals surface area contributed by atoms with Crippen LogP contribution in [-0.4, -0.2) is 0 Å². The molecule has 0 aliphatic heterocycles. The predicted molar refractivity (Wildman–Crippen MR) is 73.0 cm³/mol. The van der Waals surface area contributed by atoms with E-state index in [1.807, 2.05) is 0 Å². The van der Waals surface area contributed by atoms with Crippen LogP contribution in [0.5, 0.6) is 11.5 Å². The first kappa shape index (κ1) is 12.8. The lowest BCUT2D eigenvalue weighted by Gasteiger charge is -2.10. The van der Waals surface area contributed by atoms with E-state index in [-0.39, 0.29) is 0 Å². The van der Waals surface area contributed by atoms with E-state index in [9.17, 15) is 0 Å². The summed E-state index contributed by atoms with van der Waals surface area (Å²) >= 11 is 23.8. The minimum absolute atomic E-state index is 0.361. The van der Waals surface area contributed by atoms with Crippen molar-refractivity contribution in [2.75, 3.05) is 0 Å². The third-order valence-electron chi connectivity index (χ3n) is 2.02. The van der Waals surface area contributed by atoms with Gasteiger partial charge < -0.3 is 4.74 Å². The summed E-state index contributed by atoms with van der Waals surface area (Å²) < 4.78 is 5.57. The quantitative estimate of drug-likeness (QED) is 0.652. The van der Waals surface area contributed by atoms with E-state index in [1.54, 1.807) is 36.4 Å². The monoisotopic (exact) mass is 306 g/mol. The maximum atomic E-state index is 5.99. The molecule has 0 aliphatic rings. The predicted octanol–water partition coefficient (Wildman–Crippen LogP) is 6.09. The van der Waals surface area contributed by atoms with Gasteiger partial charge >= 0.3 is 0 Å². The van der Waals surface area contributed by atoms with Crippen molar-refractivity contribution < 1.29 is 4.74 Å². The Morgan fingerprint density at radius 3 is 2.06 bits per heavy atom. The Labute approximate surface area is 119 Å². The van der Waals surface area contributed by atoms with E-state index >= 15 is 0 Å². The molecule has 5 heteroatoms. The average molecular weight is 308 g/mol. The van der Waals surface area contributed by atoms with E-state index in [1.165, 1.54) is 0 Å². The number of para-hydroxylation sites is 1. The van der Waals surface area contributed by atoms with Crippen LogP contribution in [-0.2, 0) is 0 Å². The highest BCUT2D eigenvalue weighted by molar-refractivity contribution is 6.37. The topological polar surface area (TPSA) is 9.23 Å². The molecule has 0 saturated heterocycles. The Morgan fingerprint density at radius 2 is 1.41 bits per heavy atom. The molecule has 0 heterocycles. The first-order chi connectivity index (χ1) is 8.08. The van der Waals surface area contributed by atoms with Gasteiger partial charge in [0.2, 0.25) is 0 Å². The molecule has 0 amide bonds. The number of rotatable bonds is 2. The standard InChI is InChI=1S/C12H6Cl4O/c13-7-4-5-8(14)11(6-7)17-12-9(15)2-1-3-10(12)16/h1-6H. The van der Waals surface area contributed by atoms with E-state index in [0.29, 0.717) is 31.6 Å². The summed E-state index contributed by atoms with van der Waals surface area (Å²) in [5, 5.41) is 1.78. The molecule has 0 N–H and O–H groups in total. The zero-order valence-electron chi connectivity index (χ0n) is 8.38. The maximum Gasteiger partial charge on any atom is 0.164 e. The lowest BCUT2D eigenvalue weighted by Crippen LogP contribution is -1.87. The van der Waals surface area contributed by atoms with Crippen molar-refractivity contribution in [3.8, 4) is 11.5 Å². The molecule has 0 saturated carbocycles. The van der Waals surface area contributed by atoms with Gasteiger partial charge in [-0.15, -0.1) is 0 Å². The van der Waals surface area contributed by atoms with Gasteiger partial charge in [0.25, 0.3) is 0 Å². The summed E-state index contributed by atoms with van der Waals surface area (Å²) in [6.07, 6.45) is 0. The van der Waals surface area contributed by atoms with Crippen LogP contribution in [0.1, 0.15) is 0 Å². The molecule has 2 aromatic carbocycles. The molecule has 0 spiro atoms. The van der Waals surface area contributed by atoms with Crippen molar-refractivity contribution in [2.45, 2.75) is 0 Å². The Balaban J connectivity index is 2.41. The van der Waals surface area contributed by atoms with E-state index in [0.717, 1.165) is 0 Å². The van der Waals surface area contributed by atoms with Gasteiger partial charge in [-0.3, -0.25) is 0 Å². The lowest BCUT2D eigenvalue weighted by atomic mass is 10.3. The van der Waals surface area contributed by atoms with Crippen molar-refractivity contribution in [3.05, 3.63) is 56.5 Å². The second-order valence-electron chi connectivity index (χ2n) is 3.23. The van der Waals surface area contributed by atoms with Crippen LogP contribution >= 0.6 is 46.4 Å². The molecule has 1 nitrogen and oxygen atoms in total. The van der Waals surface area contributed by atoms with Gasteiger partial charge in [0.05, 0.1) is 15.1 Å². The Morgan fingerprint density at radius 1 is 0.765 bits per heavy atom. The van der Waals surface area contributed by atoms with Crippen LogP contribution in [0, 0.1) is 0 Å². The minimum atomic E-state index is 0.361. The van der Waals surface area contributed by atoms with Crippen molar-refractivity contribution in [3.63, 3.8) is 0 Å².